The van der Waals surface area contributed by atoms with Gasteiger partial charge in [0.1, 0.15) is 11.6 Å². The number of hydrogen-bond donors (Lipinski definition) is 2. The molecule has 146 valence electrons. The van der Waals surface area contributed by atoms with Crippen molar-refractivity contribution in [3.63, 3.8) is 0 Å². The van der Waals surface area contributed by atoms with Crippen molar-refractivity contribution < 1.29 is 23.8 Å². The Balaban J connectivity index is 2.64. The van der Waals surface area contributed by atoms with Gasteiger partial charge >= 0.3 is 5.97 Å². The molecule has 0 bridgehead atoms. The zero-order valence-corrected chi connectivity index (χ0v) is 15.8. The first-order valence-corrected chi connectivity index (χ1v) is 8.71. The molecule has 0 heterocycles. The number of rotatable bonds is 11. The first kappa shape index (κ1) is 22.2. The quantitative estimate of drug-likeness (QED) is 0.264. The minimum absolute atomic E-state index is 0.101. The van der Waals surface area contributed by atoms with Crippen molar-refractivity contribution in [3.8, 4) is 6.07 Å². The third-order valence-corrected chi connectivity index (χ3v) is 3.26. The molecule has 1 rings (SSSR count). The standard InChI is InChI=1S/C19H25N3O5/c1-4-25-17(26-5-2)13-21-12-15(11-20)18(23)22-16-9-7-14(8-10-16)19(24)27-6-3/h7-10,12,17,21H,4-6,13H2,1-3H3,(H,22,23)/b15-12-. The molecule has 0 atom stereocenters. The zero-order chi connectivity index (χ0) is 20.1. The summed E-state index contributed by atoms with van der Waals surface area (Å²) in [6.45, 7) is 6.99. The Labute approximate surface area is 159 Å². The third-order valence-electron chi connectivity index (χ3n) is 3.26. The molecular weight excluding hydrogens is 350 g/mol. The Bertz CT molecular complexity index is 674. The highest BCUT2D eigenvalue weighted by Crippen LogP contribution is 2.11. The lowest BCUT2D eigenvalue weighted by Gasteiger charge is -2.16. The van der Waals surface area contributed by atoms with E-state index in [1.807, 2.05) is 19.9 Å². The van der Waals surface area contributed by atoms with Crippen molar-refractivity contribution in [1.82, 2.24) is 5.32 Å². The van der Waals surface area contributed by atoms with Crippen LogP contribution in [-0.2, 0) is 19.0 Å². The van der Waals surface area contributed by atoms with Gasteiger partial charge < -0.3 is 24.8 Å². The Morgan fingerprint density at radius 1 is 1.11 bits per heavy atom. The summed E-state index contributed by atoms with van der Waals surface area (Å²) < 4.78 is 15.6. The van der Waals surface area contributed by atoms with Crippen LogP contribution >= 0.6 is 0 Å². The first-order chi connectivity index (χ1) is 13.0. The van der Waals surface area contributed by atoms with Gasteiger partial charge in [0.25, 0.3) is 5.91 Å². The molecule has 8 heteroatoms. The van der Waals surface area contributed by atoms with E-state index in [2.05, 4.69) is 10.6 Å². The maximum Gasteiger partial charge on any atom is 0.338 e. The van der Waals surface area contributed by atoms with Gasteiger partial charge in [0.05, 0.1) is 18.7 Å². The number of carbonyl (C=O) groups excluding carboxylic acids is 2. The van der Waals surface area contributed by atoms with Gasteiger partial charge in [-0.25, -0.2) is 4.79 Å². The SMILES string of the molecule is CCOC(=O)c1ccc(NC(=O)/C(C#N)=C\NCC(OCC)OCC)cc1. The molecule has 27 heavy (non-hydrogen) atoms. The summed E-state index contributed by atoms with van der Waals surface area (Å²) in [5.74, 6) is -1.01. The number of carbonyl (C=O) groups is 2. The molecule has 2 N–H and O–H groups in total. The summed E-state index contributed by atoms with van der Waals surface area (Å²) in [6, 6.07) is 8.04. The van der Waals surface area contributed by atoms with Gasteiger partial charge in [-0.3, -0.25) is 4.79 Å². The van der Waals surface area contributed by atoms with Gasteiger partial charge in [0.15, 0.2) is 6.29 Å². The number of benzene rings is 1. The lowest BCUT2D eigenvalue weighted by Crippen LogP contribution is -2.29. The lowest BCUT2D eigenvalue weighted by atomic mass is 10.2. The molecule has 0 saturated heterocycles. The summed E-state index contributed by atoms with van der Waals surface area (Å²) >= 11 is 0. The average Bonchev–Trinajstić information content (AvgIpc) is 2.66. The number of esters is 1. The van der Waals surface area contributed by atoms with Crippen LogP contribution in [0.25, 0.3) is 0 Å². The van der Waals surface area contributed by atoms with Gasteiger partial charge in [0, 0.05) is 25.1 Å². The average molecular weight is 375 g/mol. The van der Waals surface area contributed by atoms with Crippen molar-refractivity contribution in [2.75, 3.05) is 31.7 Å². The van der Waals surface area contributed by atoms with Crippen LogP contribution in [0, 0.1) is 11.3 Å². The summed E-state index contributed by atoms with van der Waals surface area (Å²) in [6.07, 6.45) is 0.850. The fraction of sp³-hybridized carbons (Fsp3) is 0.421. The summed E-state index contributed by atoms with van der Waals surface area (Å²) in [7, 11) is 0. The number of anilines is 1. The second-order valence-corrected chi connectivity index (χ2v) is 5.17. The van der Waals surface area contributed by atoms with Crippen LogP contribution in [0.5, 0.6) is 0 Å². The molecule has 0 aliphatic heterocycles. The molecule has 1 aromatic carbocycles. The molecule has 0 fully saturated rings. The third kappa shape index (κ3) is 7.90. The summed E-state index contributed by atoms with van der Waals surface area (Å²) in [5, 5.41) is 14.6. The van der Waals surface area contributed by atoms with Gasteiger partial charge in [0.2, 0.25) is 0 Å². The number of amides is 1. The van der Waals surface area contributed by atoms with E-state index in [9.17, 15) is 14.9 Å². The zero-order valence-electron chi connectivity index (χ0n) is 15.8. The Morgan fingerprint density at radius 2 is 1.74 bits per heavy atom. The van der Waals surface area contributed by atoms with E-state index in [0.29, 0.717) is 31.0 Å². The minimum Gasteiger partial charge on any atom is -0.462 e. The first-order valence-electron chi connectivity index (χ1n) is 8.71. The lowest BCUT2D eigenvalue weighted by molar-refractivity contribution is -0.131. The van der Waals surface area contributed by atoms with Crippen LogP contribution in [-0.4, -0.2) is 44.5 Å². The van der Waals surface area contributed by atoms with E-state index in [1.54, 1.807) is 19.1 Å². The largest absolute Gasteiger partial charge is 0.462 e. The molecule has 0 aromatic heterocycles. The van der Waals surface area contributed by atoms with Crippen LogP contribution in [0.15, 0.2) is 36.0 Å². The number of ether oxygens (including phenoxy) is 3. The van der Waals surface area contributed by atoms with Crippen LogP contribution in [0.3, 0.4) is 0 Å². The van der Waals surface area contributed by atoms with E-state index in [1.165, 1.54) is 18.3 Å². The van der Waals surface area contributed by atoms with Crippen molar-refractivity contribution in [1.29, 1.82) is 5.26 Å². The smallest absolute Gasteiger partial charge is 0.338 e. The van der Waals surface area contributed by atoms with Crippen molar-refractivity contribution in [2.24, 2.45) is 0 Å². The highest BCUT2D eigenvalue weighted by molar-refractivity contribution is 6.06. The highest BCUT2D eigenvalue weighted by atomic mass is 16.7. The molecule has 8 nitrogen and oxygen atoms in total. The molecule has 0 spiro atoms. The predicted octanol–water partition coefficient (Wildman–Crippen LogP) is 2.20. The van der Waals surface area contributed by atoms with Gasteiger partial charge in [-0.05, 0) is 45.0 Å². The Hall–Kier alpha value is -2.89. The van der Waals surface area contributed by atoms with Crippen molar-refractivity contribution in [2.45, 2.75) is 27.1 Å². The van der Waals surface area contributed by atoms with E-state index < -0.39 is 18.2 Å². The summed E-state index contributed by atoms with van der Waals surface area (Å²) in [5.41, 5.74) is 0.734. The van der Waals surface area contributed by atoms with Gasteiger partial charge in [-0.2, -0.15) is 5.26 Å². The second-order valence-electron chi connectivity index (χ2n) is 5.17. The van der Waals surface area contributed by atoms with E-state index in [4.69, 9.17) is 14.2 Å². The van der Waals surface area contributed by atoms with Crippen molar-refractivity contribution in [3.05, 3.63) is 41.6 Å². The predicted molar refractivity (Wildman–Crippen MR) is 99.8 cm³/mol. The fourth-order valence-electron chi connectivity index (χ4n) is 2.05. The molecular formula is C19H25N3O5. The van der Waals surface area contributed by atoms with Gasteiger partial charge in [-0.1, -0.05) is 0 Å². The van der Waals surface area contributed by atoms with E-state index in [-0.39, 0.29) is 12.2 Å². The van der Waals surface area contributed by atoms with E-state index >= 15 is 0 Å². The topological polar surface area (TPSA) is 110 Å². The van der Waals surface area contributed by atoms with Crippen LogP contribution < -0.4 is 10.6 Å². The van der Waals surface area contributed by atoms with Crippen molar-refractivity contribution >= 4 is 17.6 Å². The maximum absolute atomic E-state index is 12.2. The van der Waals surface area contributed by atoms with Crippen LogP contribution in [0.1, 0.15) is 31.1 Å². The normalized spacial score (nSPS) is 11.0. The number of nitrogens with zero attached hydrogens (tertiary/aromatic N) is 1. The van der Waals surface area contributed by atoms with E-state index in [0.717, 1.165) is 0 Å². The molecule has 0 aliphatic carbocycles. The molecule has 0 aliphatic rings. The minimum atomic E-state index is -0.571. The number of nitrogens with one attached hydrogen (secondary N) is 2. The maximum atomic E-state index is 12.2. The Kier molecular flexibility index (Phi) is 10.2. The highest BCUT2D eigenvalue weighted by Gasteiger charge is 2.12. The number of nitriles is 1. The van der Waals surface area contributed by atoms with Crippen LogP contribution in [0.2, 0.25) is 0 Å². The monoisotopic (exact) mass is 375 g/mol. The molecule has 0 radical (unpaired) electrons. The molecule has 0 saturated carbocycles. The number of hydrogen-bond acceptors (Lipinski definition) is 7. The molecule has 1 amide bonds. The Morgan fingerprint density at radius 3 is 2.26 bits per heavy atom. The molecule has 0 unspecified atom stereocenters. The fourth-order valence-corrected chi connectivity index (χ4v) is 2.05. The molecule has 1 aromatic rings. The summed E-state index contributed by atoms with van der Waals surface area (Å²) in [4.78, 5) is 23.8. The van der Waals surface area contributed by atoms with Gasteiger partial charge in [-0.15, -0.1) is 0 Å². The second kappa shape index (κ2) is 12.5. The van der Waals surface area contributed by atoms with Crippen LogP contribution in [0.4, 0.5) is 5.69 Å².